The average Bonchev–Trinajstić information content (AvgIpc) is 2.18. The molecular weight excluding hydrogens is 188 g/mol. The second-order valence-corrected chi connectivity index (χ2v) is 3.59. The molecule has 0 heterocycles. The van der Waals surface area contributed by atoms with Crippen LogP contribution in [0.5, 0.6) is 5.75 Å². The highest BCUT2D eigenvalue weighted by molar-refractivity contribution is 6.31. The molecule has 0 bridgehead atoms. The summed E-state index contributed by atoms with van der Waals surface area (Å²) in [7, 11) is 0. The van der Waals surface area contributed by atoms with E-state index in [1.54, 1.807) is 0 Å². The molecule has 0 aliphatic carbocycles. The number of halogens is 1. The van der Waals surface area contributed by atoms with Gasteiger partial charge in [0.05, 0.1) is 0 Å². The zero-order valence-electron chi connectivity index (χ0n) is 7.54. The molecule has 3 heteroatoms. The van der Waals surface area contributed by atoms with Crippen LogP contribution in [0.3, 0.4) is 0 Å². The van der Waals surface area contributed by atoms with Gasteiger partial charge in [0.15, 0.2) is 5.75 Å². The van der Waals surface area contributed by atoms with E-state index in [1.165, 1.54) is 18.2 Å². The van der Waals surface area contributed by atoms with E-state index in [-0.39, 0.29) is 11.7 Å². The van der Waals surface area contributed by atoms with Crippen LogP contribution >= 0.6 is 11.6 Å². The number of hydrogen-bond donors (Lipinski definition) is 1. The Balaban J connectivity index is 3.48. The summed E-state index contributed by atoms with van der Waals surface area (Å²) in [6.45, 7) is 3.88. The maximum atomic E-state index is 11.2. The fraction of sp³-hybridized carbons (Fsp3) is 0.300. The van der Waals surface area contributed by atoms with Crippen LogP contribution in [0.1, 0.15) is 25.3 Å². The topological polar surface area (TPSA) is 37.3 Å². The Morgan fingerprint density at radius 3 is 2.54 bits per heavy atom. The van der Waals surface area contributed by atoms with Crippen LogP contribution in [0.15, 0.2) is 23.0 Å². The van der Waals surface area contributed by atoms with E-state index in [0.29, 0.717) is 5.02 Å². The van der Waals surface area contributed by atoms with Crippen molar-refractivity contribution in [3.05, 3.63) is 39.0 Å². The zero-order chi connectivity index (χ0) is 10.0. The lowest BCUT2D eigenvalue weighted by Gasteiger charge is -2.02. The van der Waals surface area contributed by atoms with Crippen molar-refractivity contribution in [1.29, 1.82) is 0 Å². The number of hydrogen-bond acceptors (Lipinski definition) is 2. The lowest BCUT2D eigenvalue weighted by atomic mass is 10.1. The lowest BCUT2D eigenvalue weighted by Crippen LogP contribution is -1.96. The molecule has 0 radical (unpaired) electrons. The highest BCUT2D eigenvalue weighted by Crippen LogP contribution is 2.22. The molecule has 0 aliphatic heterocycles. The van der Waals surface area contributed by atoms with E-state index in [1.807, 2.05) is 13.8 Å². The molecule has 13 heavy (non-hydrogen) atoms. The highest BCUT2D eigenvalue weighted by atomic mass is 35.5. The Hall–Kier alpha value is -1.02. The monoisotopic (exact) mass is 198 g/mol. The number of aromatic hydroxyl groups is 1. The summed E-state index contributed by atoms with van der Waals surface area (Å²) >= 11 is 5.90. The summed E-state index contributed by atoms with van der Waals surface area (Å²) in [5, 5.41) is 9.65. The Morgan fingerprint density at radius 2 is 2.00 bits per heavy atom. The second kappa shape index (κ2) is 3.79. The Kier molecular flexibility index (Phi) is 2.94. The molecule has 0 spiro atoms. The molecule has 0 fully saturated rings. The molecule has 1 aromatic carbocycles. The Morgan fingerprint density at radius 1 is 1.38 bits per heavy atom. The van der Waals surface area contributed by atoms with Gasteiger partial charge in [0.2, 0.25) is 5.43 Å². The van der Waals surface area contributed by atoms with Gasteiger partial charge in [-0.3, -0.25) is 4.79 Å². The number of rotatable bonds is 1. The van der Waals surface area contributed by atoms with Crippen molar-refractivity contribution in [3.8, 4) is 5.75 Å². The highest BCUT2D eigenvalue weighted by Gasteiger charge is 2.05. The van der Waals surface area contributed by atoms with Crippen LogP contribution in [-0.4, -0.2) is 5.11 Å². The van der Waals surface area contributed by atoms with Gasteiger partial charge in [-0.05, 0) is 29.7 Å². The summed E-state index contributed by atoms with van der Waals surface area (Å²) in [5.74, 6) is -0.0965. The van der Waals surface area contributed by atoms with Crippen molar-refractivity contribution in [2.45, 2.75) is 19.8 Å². The molecule has 1 N–H and O–H groups in total. The first kappa shape index (κ1) is 10.1. The van der Waals surface area contributed by atoms with Gasteiger partial charge in [-0.1, -0.05) is 25.4 Å². The largest absolute Gasteiger partial charge is 0.504 e. The van der Waals surface area contributed by atoms with Gasteiger partial charge in [-0.25, -0.2) is 0 Å². The molecule has 0 aromatic heterocycles. The molecule has 2 nitrogen and oxygen atoms in total. The van der Waals surface area contributed by atoms with Crippen LogP contribution in [-0.2, 0) is 0 Å². The minimum Gasteiger partial charge on any atom is -0.504 e. The summed E-state index contributed by atoms with van der Waals surface area (Å²) in [6.07, 6.45) is 0. The quantitative estimate of drug-likeness (QED) is 0.753. The van der Waals surface area contributed by atoms with Crippen LogP contribution in [0.25, 0.3) is 0 Å². The normalized spacial score (nSPS) is 10.5. The van der Waals surface area contributed by atoms with E-state index in [9.17, 15) is 4.79 Å². The van der Waals surface area contributed by atoms with E-state index in [0.717, 1.165) is 5.56 Å². The molecule has 0 aliphatic rings. The van der Waals surface area contributed by atoms with Crippen LogP contribution in [0, 0.1) is 0 Å². The molecule has 70 valence electrons. The van der Waals surface area contributed by atoms with E-state index in [2.05, 4.69) is 0 Å². The minimum absolute atomic E-state index is 0.173. The summed E-state index contributed by atoms with van der Waals surface area (Å²) < 4.78 is 0. The fourth-order valence-corrected chi connectivity index (χ4v) is 1.39. The average molecular weight is 199 g/mol. The third-order valence-corrected chi connectivity index (χ3v) is 2.17. The SMILES string of the molecule is CC(C)c1cc(=O)c(O)ccc1Cl. The first-order chi connectivity index (χ1) is 6.02. The summed E-state index contributed by atoms with van der Waals surface area (Å²) in [4.78, 5) is 11.2. The smallest absolute Gasteiger partial charge is 0.220 e. The van der Waals surface area contributed by atoms with E-state index >= 15 is 0 Å². The maximum Gasteiger partial charge on any atom is 0.220 e. The third kappa shape index (κ3) is 2.22. The first-order valence-electron chi connectivity index (χ1n) is 4.05. The van der Waals surface area contributed by atoms with Crippen LogP contribution in [0.2, 0.25) is 5.02 Å². The van der Waals surface area contributed by atoms with Gasteiger partial charge in [0.1, 0.15) is 0 Å². The molecule has 1 rings (SSSR count). The molecule has 0 saturated heterocycles. The molecular formula is C10H11ClO2. The van der Waals surface area contributed by atoms with Gasteiger partial charge < -0.3 is 5.11 Å². The minimum atomic E-state index is -0.393. The summed E-state index contributed by atoms with van der Waals surface area (Å²) in [5.41, 5.74) is 0.363. The van der Waals surface area contributed by atoms with Gasteiger partial charge in [0, 0.05) is 5.02 Å². The first-order valence-corrected chi connectivity index (χ1v) is 4.43. The predicted octanol–water partition coefficient (Wildman–Crippen LogP) is 2.53. The van der Waals surface area contributed by atoms with Crippen molar-refractivity contribution >= 4 is 11.6 Å². The second-order valence-electron chi connectivity index (χ2n) is 3.19. The van der Waals surface area contributed by atoms with Gasteiger partial charge >= 0.3 is 0 Å². The molecule has 0 amide bonds. The van der Waals surface area contributed by atoms with Gasteiger partial charge in [-0.15, -0.1) is 0 Å². The molecule has 0 unspecified atom stereocenters. The van der Waals surface area contributed by atoms with Gasteiger partial charge in [0.25, 0.3) is 0 Å². The maximum absolute atomic E-state index is 11.2. The molecule has 1 aromatic rings. The van der Waals surface area contributed by atoms with E-state index in [4.69, 9.17) is 16.7 Å². The van der Waals surface area contributed by atoms with E-state index < -0.39 is 5.43 Å². The van der Waals surface area contributed by atoms with Crippen molar-refractivity contribution in [3.63, 3.8) is 0 Å². The molecule has 0 saturated carbocycles. The predicted molar refractivity (Wildman–Crippen MR) is 53.5 cm³/mol. The van der Waals surface area contributed by atoms with Crippen molar-refractivity contribution in [2.75, 3.05) is 0 Å². The van der Waals surface area contributed by atoms with Crippen molar-refractivity contribution < 1.29 is 5.11 Å². The summed E-state index contributed by atoms with van der Waals surface area (Å²) in [6, 6.07) is 4.23. The van der Waals surface area contributed by atoms with Crippen LogP contribution in [0.4, 0.5) is 0 Å². The standard InChI is InChI=1S/C10H11ClO2/c1-6(2)7-5-10(13)9(12)4-3-8(7)11/h3-6H,1-2H3,(H,12,13). The van der Waals surface area contributed by atoms with Crippen LogP contribution < -0.4 is 5.43 Å². The third-order valence-electron chi connectivity index (χ3n) is 1.82. The van der Waals surface area contributed by atoms with Crippen molar-refractivity contribution in [2.24, 2.45) is 0 Å². The Labute approximate surface area is 81.8 Å². The Bertz CT molecular complexity index is 372. The van der Waals surface area contributed by atoms with Crippen molar-refractivity contribution in [1.82, 2.24) is 0 Å². The zero-order valence-corrected chi connectivity index (χ0v) is 8.30. The lowest BCUT2D eigenvalue weighted by molar-refractivity contribution is 0.471. The fourth-order valence-electron chi connectivity index (χ4n) is 1.06. The van der Waals surface area contributed by atoms with Gasteiger partial charge in [-0.2, -0.15) is 0 Å². The molecule has 0 atom stereocenters.